The van der Waals surface area contributed by atoms with Crippen molar-refractivity contribution in [1.82, 2.24) is 4.90 Å². The number of nitrogens with zero attached hydrogens (tertiary/aromatic N) is 2. The van der Waals surface area contributed by atoms with Gasteiger partial charge in [-0.1, -0.05) is 6.07 Å². The monoisotopic (exact) mass is 377 g/mol. The average Bonchev–Trinajstić information content (AvgIpc) is 2.53. The zero-order valence-corrected chi connectivity index (χ0v) is 14.7. The molecule has 2 aliphatic heterocycles. The molecule has 1 amide bonds. The molecule has 1 atom stereocenters. The molecule has 1 saturated heterocycles. The summed E-state index contributed by atoms with van der Waals surface area (Å²) in [4.78, 5) is 16.0. The van der Waals surface area contributed by atoms with Gasteiger partial charge in [-0.05, 0) is 49.9 Å². The number of amides is 1. The fraction of sp³-hybridized carbons (Fsp3) is 0.588. The van der Waals surface area contributed by atoms with Gasteiger partial charge in [0.25, 0.3) is 0 Å². The number of hydrogen-bond donors (Lipinski definition) is 1. The van der Waals surface area contributed by atoms with Crippen molar-refractivity contribution in [3.05, 3.63) is 23.8 Å². The molecule has 1 aromatic rings. The minimum absolute atomic E-state index is 0. The van der Waals surface area contributed by atoms with Crippen molar-refractivity contribution in [2.75, 3.05) is 36.8 Å². The number of alkyl halides is 3. The van der Waals surface area contributed by atoms with E-state index in [1.807, 2.05) is 18.2 Å². The van der Waals surface area contributed by atoms with Crippen LogP contribution in [-0.2, 0) is 11.2 Å². The lowest BCUT2D eigenvalue weighted by atomic mass is 9.93. The number of anilines is 2. The lowest BCUT2D eigenvalue weighted by Gasteiger charge is -2.37. The Labute approximate surface area is 151 Å². The summed E-state index contributed by atoms with van der Waals surface area (Å²) in [5.74, 6) is -0.457. The third-order valence-electron chi connectivity index (χ3n) is 4.81. The number of nitrogens with two attached hydrogens (primary N) is 1. The normalized spacial score (nSPS) is 21.4. The number of likely N-dealkylation sites (tertiary alicyclic amines) is 1. The van der Waals surface area contributed by atoms with Crippen molar-refractivity contribution in [3.8, 4) is 0 Å². The predicted molar refractivity (Wildman–Crippen MR) is 94.0 cm³/mol. The summed E-state index contributed by atoms with van der Waals surface area (Å²) in [6.07, 6.45) is -1.31. The molecule has 3 rings (SSSR count). The molecule has 2 aliphatic rings. The van der Waals surface area contributed by atoms with Gasteiger partial charge in [0.15, 0.2) is 0 Å². The number of carbonyl (C=O) groups is 1. The quantitative estimate of drug-likeness (QED) is 0.805. The molecule has 0 bridgehead atoms. The molecule has 0 spiro atoms. The number of hydrogen-bond acceptors (Lipinski definition) is 3. The van der Waals surface area contributed by atoms with Gasteiger partial charge in [0.05, 0.1) is 12.5 Å². The first-order chi connectivity index (χ1) is 11.3. The smallest absolute Gasteiger partial charge is 0.398 e. The number of carbonyl (C=O) groups excluding carboxylic acids is 1. The second-order valence-electron chi connectivity index (χ2n) is 6.63. The van der Waals surface area contributed by atoms with Crippen LogP contribution < -0.4 is 10.6 Å². The Morgan fingerprint density at radius 2 is 2.00 bits per heavy atom. The Hall–Kier alpha value is -1.47. The van der Waals surface area contributed by atoms with Crippen LogP contribution in [0.2, 0.25) is 0 Å². The lowest BCUT2D eigenvalue weighted by Crippen LogP contribution is -2.48. The third kappa shape index (κ3) is 4.58. The van der Waals surface area contributed by atoms with Crippen molar-refractivity contribution in [2.24, 2.45) is 5.92 Å². The van der Waals surface area contributed by atoms with Gasteiger partial charge in [-0.2, -0.15) is 13.2 Å². The van der Waals surface area contributed by atoms with Gasteiger partial charge in [0.1, 0.15) is 0 Å². The molecule has 140 valence electrons. The van der Waals surface area contributed by atoms with Gasteiger partial charge in [0, 0.05) is 24.5 Å². The predicted octanol–water partition coefficient (Wildman–Crippen LogP) is 3.24. The van der Waals surface area contributed by atoms with Crippen LogP contribution in [0.1, 0.15) is 24.8 Å². The van der Waals surface area contributed by atoms with Gasteiger partial charge < -0.3 is 10.6 Å². The molecule has 0 saturated carbocycles. The number of benzene rings is 1. The third-order valence-corrected chi connectivity index (χ3v) is 4.81. The second-order valence-corrected chi connectivity index (χ2v) is 6.63. The van der Waals surface area contributed by atoms with Gasteiger partial charge in [-0.3, -0.25) is 9.69 Å². The van der Waals surface area contributed by atoms with E-state index in [-0.39, 0.29) is 30.8 Å². The zero-order chi connectivity index (χ0) is 17.3. The van der Waals surface area contributed by atoms with Gasteiger partial charge in [0.2, 0.25) is 5.91 Å². The van der Waals surface area contributed by atoms with Gasteiger partial charge in [-0.15, -0.1) is 12.4 Å². The highest BCUT2D eigenvalue weighted by Gasteiger charge is 2.36. The molecule has 2 N–H and O–H groups in total. The summed E-state index contributed by atoms with van der Waals surface area (Å²) in [6.45, 7) is 0.227. The highest BCUT2D eigenvalue weighted by Crippen LogP contribution is 2.33. The number of rotatable bonds is 2. The molecule has 1 unspecified atom stereocenters. The highest BCUT2D eigenvalue weighted by atomic mass is 35.5. The fourth-order valence-electron chi connectivity index (χ4n) is 3.76. The Kier molecular flexibility index (Phi) is 6.21. The Morgan fingerprint density at radius 1 is 1.24 bits per heavy atom. The molecule has 25 heavy (non-hydrogen) atoms. The van der Waals surface area contributed by atoms with Crippen LogP contribution >= 0.6 is 12.4 Å². The minimum atomic E-state index is -4.23. The Balaban J connectivity index is 0.00000225. The van der Waals surface area contributed by atoms with Crippen molar-refractivity contribution in [3.63, 3.8) is 0 Å². The van der Waals surface area contributed by atoms with Crippen molar-refractivity contribution < 1.29 is 18.0 Å². The van der Waals surface area contributed by atoms with Crippen molar-refractivity contribution in [1.29, 1.82) is 0 Å². The Bertz CT molecular complexity index is 624. The maximum absolute atomic E-state index is 12.9. The van der Waals surface area contributed by atoms with Crippen molar-refractivity contribution >= 4 is 29.7 Å². The molecule has 0 aromatic heterocycles. The molecule has 1 aromatic carbocycles. The number of nitrogen functional groups attached to an aromatic ring is 1. The highest BCUT2D eigenvalue weighted by molar-refractivity contribution is 5.97. The first kappa shape index (κ1) is 19.8. The van der Waals surface area contributed by atoms with Crippen LogP contribution in [-0.4, -0.2) is 43.2 Å². The lowest BCUT2D eigenvalue weighted by molar-refractivity contribution is -0.151. The van der Waals surface area contributed by atoms with Crippen LogP contribution in [0.4, 0.5) is 24.5 Å². The molecular weight excluding hydrogens is 355 g/mol. The zero-order valence-electron chi connectivity index (χ0n) is 13.9. The molecule has 8 heteroatoms. The maximum atomic E-state index is 12.9. The van der Waals surface area contributed by atoms with E-state index in [0.29, 0.717) is 31.6 Å². The van der Waals surface area contributed by atoms with E-state index in [1.54, 1.807) is 4.90 Å². The minimum Gasteiger partial charge on any atom is -0.398 e. The van der Waals surface area contributed by atoms with E-state index in [9.17, 15) is 18.0 Å². The van der Waals surface area contributed by atoms with Crippen LogP contribution in [0.15, 0.2) is 18.2 Å². The first-order valence-electron chi connectivity index (χ1n) is 8.33. The maximum Gasteiger partial charge on any atom is 0.401 e. The summed E-state index contributed by atoms with van der Waals surface area (Å²) in [6, 6.07) is 5.51. The largest absolute Gasteiger partial charge is 0.401 e. The summed E-state index contributed by atoms with van der Waals surface area (Å²) < 4.78 is 37.8. The molecule has 1 fully saturated rings. The summed E-state index contributed by atoms with van der Waals surface area (Å²) in [5.41, 5.74) is 8.47. The van der Waals surface area contributed by atoms with Crippen LogP contribution in [0, 0.1) is 5.92 Å². The summed E-state index contributed by atoms with van der Waals surface area (Å²) >= 11 is 0. The summed E-state index contributed by atoms with van der Waals surface area (Å²) in [5, 5.41) is 0. The van der Waals surface area contributed by atoms with Crippen LogP contribution in [0.3, 0.4) is 0 Å². The van der Waals surface area contributed by atoms with E-state index in [1.165, 1.54) is 4.90 Å². The van der Waals surface area contributed by atoms with E-state index in [2.05, 4.69) is 0 Å². The average molecular weight is 378 g/mol. The van der Waals surface area contributed by atoms with E-state index in [0.717, 1.165) is 24.1 Å². The fourth-order valence-corrected chi connectivity index (χ4v) is 3.76. The molecule has 0 radical (unpaired) electrons. The molecule has 2 heterocycles. The number of halogens is 4. The molecule has 0 aliphatic carbocycles. The molecule has 4 nitrogen and oxygen atoms in total. The second kappa shape index (κ2) is 7.83. The van der Waals surface area contributed by atoms with Crippen LogP contribution in [0.25, 0.3) is 0 Å². The van der Waals surface area contributed by atoms with Gasteiger partial charge in [-0.25, -0.2) is 0 Å². The van der Waals surface area contributed by atoms with Crippen LogP contribution in [0.5, 0.6) is 0 Å². The van der Waals surface area contributed by atoms with Crippen molar-refractivity contribution in [2.45, 2.75) is 31.9 Å². The van der Waals surface area contributed by atoms with Gasteiger partial charge >= 0.3 is 6.18 Å². The molecular formula is C17H23ClF3N3O. The standard InChI is InChI=1S/C17H22F3N3O.ClH/c18-17(19,20)11-22-8-2-4-12(10-22)16(24)23-9-3-5-13-14(21)6-1-7-15(13)23;/h1,6-7,12H,2-5,8-11,21H2;1H. The first-order valence-corrected chi connectivity index (χ1v) is 8.33. The van der Waals surface area contributed by atoms with E-state index in [4.69, 9.17) is 5.73 Å². The topological polar surface area (TPSA) is 49.6 Å². The number of piperidine rings is 1. The van der Waals surface area contributed by atoms with E-state index < -0.39 is 12.7 Å². The number of fused-ring (bicyclic) bond motifs is 1. The Morgan fingerprint density at radius 3 is 2.72 bits per heavy atom. The summed E-state index contributed by atoms with van der Waals surface area (Å²) in [7, 11) is 0. The van der Waals surface area contributed by atoms with E-state index >= 15 is 0 Å². The SMILES string of the molecule is Cl.Nc1cccc2c1CCCN2C(=O)C1CCCN(CC(F)(F)F)C1.